The number of nitrogens with one attached hydrogen (secondary N) is 1. The van der Waals surface area contributed by atoms with Gasteiger partial charge in [0, 0.05) is 12.7 Å². The standard InChI is InChI=1S/C25H42N2O2/c1-5-6-7-8-9-10-11-12-13-20-14-15-21-17-22(18-28)26-25(29)24(19(2)3)27(4)23(21)16-20/h14-16,19,22,24,28H,5-13,17-18H2,1-4H3,(H,26,29)/t22-,24-/m1/s1. The van der Waals surface area contributed by atoms with E-state index < -0.39 is 0 Å². The van der Waals surface area contributed by atoms with Crippen LogP contribution in [0.1, 0.15) is 83.3 Å². The quantitative estimate of drug-likeness (QED) is 0.520. The van der Waals surface area contributed by atoms with Gasteiger partial charge in [-0.25, -0.2) is 0 Å². The van der Waals surface area contributed by atoms with Gasteiger partial charge in [-0.05, 0) is 42.4 Å². The molecule has 1 heterocycles. The first-order chi connectivity index (χ1) is 14.0. The molecule has 0 saturated heterocycles. The highest BCUT2D eigenvalue weighted by Gasteiger charge is 2.32. The Bertz CT molecular complexity index is 629. The van der Waals surface area contributed by atoms with E-state index >= 15 is 0 Å². The van der Waals surface area contributed by atoms with E-state index in [9.17, 15) is 9.90 Å². The average molecular weight is 403 g/mol. The molecule has 2 N–H and O–H groups in total. The van der Waals surface area contributed by atoms with Gasteiger partial charge < -0.3 is 15.3 Å². The molecule has 29 heavy (non-hydrogen) atoms. The topological polar surface area (TPSA) is 52.6 Å². The fraction of sp³-hybridized carbons (Fsp3) is 0.720. The number of hydrogen-bond donors (Lipinski definition) is 2. The Hall–Kier alpha value is -1.55. The van der Waals surface area contributed by atoms with Gasteiger partial charge in [0.1, 0.15) is 6.04 Å². The van der Waals surface area contributed by atoms with E-state index in [1.807, 2.05) is 7.05 Å². The SMILES string of the molecule is CCCCCCCCCCc1ccc2c(c1)N(C)[C@H](C(C)C)C(=O)N[C@@H](CO)C2. The predicted octanol–water partition coefficient (Wildman–Crippen LogP) is 4.86. The highest BCUT2D eigenvalue weighted by atomic mass is 16.3. The molecule has 0 aliphatic carbocycles. The molecular formula is C25H42N2O2. The monoisotopic (exact) mass is 402 g/mol. The molecule has 1 amide bonds. The van der Waals surface area contributed by atoms with Crippen molar-refractivity contribution in [1.29, 1.82) is 0 Å². The summed E-state index contributed by atoms with van der Waals surface area (Å²) in [6, 6.07) is 6.27. The molecule has 1 aliphatic rings. The zero-order chi connectivity index (χ0) is 21.2. The molecule has 4 nitrogen and oxygen atoms in total. The highest BCUT2D eigenvalue weighted by Crippen LogP contribution is 2.29. The zero-order valence-electron chi connectivity index (χ0n) is 19.0. The van der Waals surface area contributed by atoms with Crippen LogP contribution in [0.2, 0.25) is 0 Å². The molecule has 2 rings (SSSR count). The smallest absolute Gasteiger partial charge is 0.243 e. The molecular weight excluding hydrogens is 360 g/mol. The second kappa shape index (κ2) is 12.2. The largest absolute Gasteiger partial charge is 0.394 e. The van der Waals surface area contributed by atoms with Gasteiger partial charge >= 0.3 is 0 Å². The van der Waals surface area contributed by atoms with E-state index in [1.54, 1.807) is 0 Å². The Morgan fingerprint density at radius 1 is 1.10 bits per heavy atom. The lowest BCUT2D eigenvalue weighted by atomic mass is 9.93. The van der Waals surface area contributed by atoms with Crippen LogP contribution >= 0.6 is 0 Å². The second-order valence-electron chi connectivity index (χ2n) is 9.08. The summed E-state index contributed by atoms with van der Waals surface area (Å²) in [6.07, 6.45) is 12.4. The number of amides is 1. The molecule has 0 saturated carbocycles. The second-order valence-corrected chi connectivity index (χ2v) is 9.08. The van der Waals surface area contributed by atoms with Crippen LogP contribution in [0.25, 0.3) is 0 Å². The number of carbonyl (C=O) groups is 1. The number of unbranched alkanes of at least 4 members (excludes halogenated alkanes) is 7. The first-order valence-electron chi connectivity index (χ1n) is 11.7. The van der Waals surface area contributed by atoms with E-state index in [1.165, 1.54) is 62.5 Å². The number of aliphatic hydroxyl groups is 1. The first kappa shape index (κ1) is 23.7. The number of aliphatic hydroxyl groups excluding tert-OH is 1. The Balaban J connectivity index is 2.02. The molecule has 0 aromatic heterocycles. The van der Waals surface area contributed by atoms with Gasteiger partial charge in [-0.3, -0.25) is 4.79 Å². The van der Waals surface area contributed by atoms with Crippen molar-refractivity contribution in [3.05, 3.63) is 29.3 Å². The van der Waals surface area contributed by atoms with Crippen LogP contribution in [0.5, 0.6) is 0 Å². The van der Waals surface area contributed by atoms with Crippen LogP contribution < -0.4 is 10.2 Å². The highest BCUT2D eigenvalue weighted by molar-refractivity contribution is 5.86. The maximum atomic E-state index is 12.8. The van der Waals surface area contributed by atoms with Crippen molar-refractivity contribution < 1.29 is 9.90 Å². The minimum atomic E-state index is -0.221. The van der Waals surface area contributed by atoms with E-state index in [2.05, 4.69) is 49.2 Å². The third kappa shape index (κ3) is 7.02. The van der Waals surface area contributed by atoms with Crippen LogP contribution in [0.3, 0.4) is 0 Å². The Kier molecular flexibility index (Phi) is 9.99. The Morgan fingerprint density at radius 3 is 2.38 bits per heavy atom. The molecule has 1 aromatic carbocycles. The summed E-state index contributed by atoms with van der Waals surface area (Å²) in [5.74, 6) is 0.210. The van der Waals surface area contributed by atoms with Gasteiger partial charge in [0.2, 0.25) is 5.91 Å². The third-order valence-electron chi connectivity index (χ3n) is 6.20. The van der Waals surface area contributed by atoms with Gasteiger partial charge in [0.25, 0.3) is 0 Å². The fourth-order valence-corrected chi connectivity index (χ4v) is 4.52. The molecule has 1 aromatic rings. The van der Waals surface area contributed by atoms with Crippen molar-refractivity contribution in [3.63, 3.8) is 0 Å². The van der Waals surface area contributed by atoms with Crippen LogP contribution in [0.15, 0.2) is 18.2 Å². The number of aryl methyl sites for hydroxylation is 1. The summed E-state index contributed by atoms with van der Waals surface area (Å²) in [4.78, 5) is 14.9. The number of fused-ring (bicyclic) bond motifs is 1. The van der Waals surface area contributed by atoms with Gasteiger partial charge in [-0.2, -0.15) is 0 Å². The number of nitrogens with zero attached hydrogens (tertiary/aromatic N) is 1. The Morgan fingerprint density at radius 2 is 1.76 bits per heavy atom. The van der Waals surface area contributed by atoms with Crippen molar-refractivity contribution in [3.8, 4) is 0 Å². The summed E-state index contributed by atoms with van der Waals surface area (Å²) in [5, 5.41) is 12.7. The lowest BCUT2D eigenvalue weighted by Crippen LogP contribution is -2.54. The van der Waals surface area contributed by atoms with Crippen LogP contribution in [-0.2, 0) is 17.6 Å². The number of hydrogen-bond acceptors (Lipinski definition) is 3. The van der Waals surface area contributed by atoms with Crippen molar-refractivity contribution in [1.82, 2.24) is 5.32 Å². The molecule has 4 heteroatoms. The van der Waals surface area contributed by atoms with Gasteiger partial charge in [-0.15, -0.1) is 0 Å². The average Bonchev–Trinajstić information content (AvgIpc) is 2.69. The minimum absolute atomic E-state index is 0.0145. The minimum Gasteiger partial charge on any atom is -0.394 e. The van der Waals surface area contributed by atoms with E-state index in [4.69, 9.17) is 0 Å². The Labute approximate surface area is 178 Å². The molecule has 0 spiro atoms. The molecule has 1 aliphatic heterocycles. The fourth-order valence-electron chi connectivity index (χ4n) is 4.52. The van der Waals surface area contributed by atoms with Crippen molar-refractivity contribution in [2.75, 3.05) is 18.6 Å². The third-order valence-corrected chi connectivity index (χ3v) is 6.20. The molecule has 0 fully saturated rings. The summed E-state index contributed by atoms with van der Waals surface area (Å²) >= 11 is 0. The van der Waals surface area contributed by atoms with E-state index in [-0.39, 0.29) is 30.5 Å². The normalized spacial score (nSPS) is 19.7. The molecule has 0 radical (unpaired) electrons. The van der Waals surface area contributed by atoms with Crippen molar-refractivity contribution in [2.45, 2.75) is 97.1 Å². The number of benzene rings is 1. The predicted molar refractivity (Wildman–Crippen MR) is 123 cm³/mol. The number of anilines is 1. The van der Waals surface area contributed by atoms with Crippen molar-refractivity contribution >= 4 is 11.6 Å². The van der Waals surface area contributed by atoms with Crippen molar-refractivity contribution in [2.24, 2.45) is 5.92 Å². The molecule has 2 atom stereocenters. The maximum Gasteiger partial charge on any atom is 0.243 e. The van der Waals surface area contributed by atoms with Gasteiger partial charge in [-0.1, -0.05) is 77.8 Å². The van der Waals surface area contributed by atoms with Crippen LogP contribution in [0, 0.1) is 5.92 Å². The molecule has 0 unspecified atom stereocenters. The zero-order valence-corrected chi connectivity index (χ0v) is 19.0. The molecule has 164 valence electrons. The first-order valence-corrected chi connectivity index (χ1v) is 11.7. The number of likely N-dealkylation sites (N-methyl/N-ethyl adjacent to an activating group) is 1. The lowest BCUT2D eigenvalue weighted by molar-refractivity contribution is -0.124. The van der Waals surface area contributed by atoms with Gasteiger partial charge in [0.15, 0.2) is 0 Å². The summed E-state index contributed by atoms with van der Waals surface area (Å²) in [6.45, 7) is 6.40. The summed E-state index contributed by atoms with van der Waals surface area (Å²) in [5.41, 5.74) is 3.71. The lowest BCUT2D eigenvalue weighted by Gasteiger charge is -2.37. The summed E-state index contributed by atoms with van der Waals surface area (Å²) < 4.78 is 0. The van der Waals surface area contributed by atoms with E-state index in [0.717, 1.165) is 12.1 Å². The number of carbonyl (C=O) groups excluding carboxylic acids is 1. The van der Waals surface area contributed by atoms with Crippen LogP contribution in [-0.4, -0.2) is 36.8 Å². The molecule has 0 bridgehead atoms. The summed E-state index contributed by atoms with van der Waals surface area (Å²) in [7, 11) is 2.03. The van der Waals surface area contributed by atoms with E-state index in [0.29, 0.717) is 6.42 Å². The van der Waals surface area contributed by atoms with Crippen LogP contribution in [0.4, 0.5) is 5.69 Å². The number of rotatable bonds is 11. The maximum absolute atomic E-state index is 12.8. The van der Waals surface area contributed by atoms with Gasteiger partial charge in [0.05, 0.1) is 12.6 Å².